The topological polar surface area (TPSA) is 105 Å². The molecule has 1 unspecified atom stereocenters. The van der Waals surface area contributed by atoms with Crippen molar-refractivity contribution in [2.75, 3.05) is 23.4 Å². The van der Waals surface area contributed by atoms with Gasteiger partial charge in [0.2, 0.25) is 28.6 Å². The Morgan fingerprint density at radius 2 is 1.62 bits per heavy atom. The van der Waals surface area contributed by atoms with Gasteiger partial charge in [0.1, 0.15) is 18.4 Å². The summed E-state index contributed by atoms with van der Waals surface area (Å²) in [7, 11) is -3.93. The molecule has 0 aromatic heterocycles. The van der Waals surface area contributed by atoms with Gasteiger partial charge in [0.05, 0.1) is 11.4 Å². The SMILES string of the molecule is CCS(=O)(=O)N(CC(=O)N(Cc1ccc(F)cc1)C(Cc1ccccc1)C(=O)NC(C)(C)C)c1ccc2c(c1)OCO2. The third-order valence-electron chi connectivity index (χ3n) is 6.66. The molecular formula is C31H36FN3O6S. The van der Waals surface area contributed by atoms with Gasteiger partial charge in [-0.15, -0.1) is 0 Å². The Labute approximate surface area is 246 Å². The number of ether oxygens (including phenoxy) is 2. The fourth-order valence-corrected chi connectivity index (χ4v) is 5.61. The number of halogens is 1. The quantitative estimate of drug-likeness (QED) is 0.354. The Bertz CT molecular complexity index is 1510. The summed E-state index contributed by atoms with van der Waals surface area (Å²) in [5.41, 5.74) is 1.03. The van der Waals surface area contributed by atoms with E-state index >= 15 is 0 Å². The van der Waals surface area contributed by atoms with E-state index in [-0.39, 0.29) is 31.2 Å². The molecule has 1 aliphatic heterocycles. The van der Waals surface area contributed by atoms with E-state index in [0.717, 1.165) is 9.87 Å². The minimum atomic E-state index is -3.93. The summed E-state index contributed by atoms with van der Waals surface area (Å²) in [6, 6.07) is 18.5. The minimum absolute atomic E-state index is 0.00769. The maximum atomic E-state index is 14.2. The second-order valence-electron chi connectivity index (χ2n) is 11.0. The summed E-state index contributed by atoms with van der Waals surface area (Å²) in [4.78, 5) is 29.3. The number of benzene rings is 3. The van der Waals surface area contributed by atoms with Crippen molar-refractivity contribution in [2.45, 2.75) is 52.2 Å². The van der Waals surface area contributed by atoms with Gasteiger partial charge in [-0.3, -0.25) is 13.9 Å². The first kappa shape index (κ1) is 30.8. The van der Waals surface area contributed by atoms with E-state index in [1.807, 2.05) is 51.1 Å². The summed E-state index contributed by atoms with van der Waals surface area (Å²) >= 11 is 0. The maximum Gasteiger partial charge on any atom is 0.244 e. The predicted octanol–water partition coefficient (Wildman–Crippen LogP) is 4.27. The van der Waals surface area contributed by atoms with E-state index < -0.39 is 45.8 Å². The molecule has 224 valence electrons. The van der Waals surface area contributed by atoms with E-state index in [9.17, 15) is 22.4 Å². The second kappa shape index (κ2) is 12.8. The van der Waals surface area contributed by atoms with E-state index in [2.05, 4.69) is 5.32 Å². The van der Waals surface area contributed by atoms with E-state index in [4.69, 9.17) is 9.47 Å². The standard InChI is InChI=1S/C31H36FN3O6S/c1-5-42(38,39)35(25-15-16-27-28(18-25)41-21-40-27)20-29(36)34(19-23-11-13-24(32)14-12-23)26(30(37)33-31(2,3)4)17-22-9-7-6-8-10-22/h6-16,18,26H,5,17,19-21H2,1-4H3,(H,33,37). The van der Waals surface area contributed by atoms with Gasteiger partial charge in [-0.1, -0.05) is 42.5 Å². The Kier molecular flexibility index (Phi) is 9.40. The first-order valence-electron chi connectivity index (χ1n) is 13.7. The summed E-state index contributed by atoms with van der Waals surface area (Å²) < 4.78 is 52.1. The highest BCUT2D eigenvalue weighted by molar-refractivity contribution is 7.92. The lowest BCUT2D eigenvalue weighted by Crippen LogP contribution is -2.56. The molecule has 0 aliphatic carbocycles. The van der Waals surface area contributed by atoms with Crippen LogP contribution in [-0.2, 0) is 32.6 Å². The molecule has 1 N–H and O–H groups in total. The highest BCUT2D eigenvalue weighted by Crippen LogP contribution is 2.36. The number of hydrogen-bond acceptors (Lipinski definition) is 6. The summed E-state index contributed by atoms with van der Waals surface area (Å²) in [6.45, 7) is 6.41. The van der Waals surface area contributed by atoms with Crippen LogP contribution in [-0.4, -0.2) is 55.8 Å². The van der Waals surface area contributed by atoms with Crippen LogP contribution in [0.25, 0.3) is 0 Å². The third kappa shape index (κ3) is 7.79. The van der Waals surface area contributed by atoms with Crippen LogP contribution in [0.1, 0.15) is 38.8 Å². The lowest BCUT2D eigenvalue weighted by Gasteiger charge is -2.35. The average Bonchev–Trinajstić information content (AvgIpc) is 3.42. The molecule has 1 heterocycles. The van der Waals surface area contributed by atoms with Crippen LogP contribution in [0.2, 0.25) is 0 Å². The molecule has 4 rings (SSSR count). The van der Waals surface area contributed by atoms with Crippen LogP contribution in [0.15, 0.2) is 72.8 Å². The Hall–Kier alpha value is -4.12. The van der Waals surface area contributed by atoms with Crippen molar-refractivity contribution in [3.63, 3.8) is 0 Å². The first-order chi connectivity index (χ1) is 19.9. The fraction of sp³-hybridized carbons (Fsp3) is 0.355. The number of fused-ring (bicyclic) bond motifs is 1. The molecule has 1 aliphatic rings. The van der Waals surface area contributed by atoms with Crippen LogP contribution in [0.5, 0.6) is 11.5 Å². The molecule has 0 saturated carbocycles. The number of anilines is 1. The molecule has 0 radical (unpaired) electrons. The molecule has 1 atom stereocenters. The van der Waals surface area contributed by atoms with Crippen molar-refractivity contribution in [3.8, 4) is 11.5 Å². The smallest absolute Gasteiger partial charge is 0.244 e. The number of nitrogens with zero attached hydrogens (tertiary/aromatic N) is 2. The molecule has 0 bridgehead atoms. The van der Waals surface area contributed by atoms with E-state index in [1.165, 1.54) is 42.2 Å². The van der Waals surface area contributed by atoms with Crippen LogP contribution in [0, 0.1) is 5.82 Å². The maximum absolute atomic E-state index is 14.2. The second-order valence-corrected chi connectivity index (χ2v) is 13.2. The van der Waals surface area contributed by atoms with E-state index in [1.54, 1.807) is 12.1 Å². The largest absolute Gasteiger partial charge is 0.454 e. The van der Waals surface area contributed by atoms with E-state index in [0.29, 0.717) is 17.1 Å². The Morgan fingerprint density at radius 3 is 2.26 bits per heavy atom. The third-order valence-corrected chi connectivity index (χ3v) is 8.40. The zero-order chi connectivity index (χ0) is 30.5. The molecule has 0 saturated heterocycles. The van der Waals surface area contributed by atoms with Crippen LogP contribution < -0.4 is 19.1 Å². The normalized spacial score (nSPS) is 13.4. The summed E-state index contributed by atoms with van der Waals surface area (Å²) in [6.07, 6.45) is 0.181. The molecule has 42 heavy (non-hydrogen) atoms. The number of carbonyl (C=O) groups is 2. The van der Waals surface area contributed by atoms with Gasteiger partial charge in [0.25, 0.3) is 0 Å². The van der Waals surface area contributed by atoms with Crippen molar-refractivity contribution in [3.05, 3.63) is 89.7 Å². The molecule has 2 amide bonds. The first-order valence-corrected chi connectivity index (χ1v) is 15.3. The van der Waals surface area contributed by atoms with Crippen molar-refractivity contribution < 1.29 is 31.9 Å². The molecule has 3 aromatic carbocycles. The zero-order valence-corrected chi connectivity index (χ0v) is 25.0. The van der Waals surface area contributed by atoms with Crippen LogP contribution in [0.4, 0.5) is 10.1 Å². The Balaban J connectivity index is 1.75. The summed E-state index contributed by atoms with van der Waals surface area (Å²) in [5.74, 6) is -0.853. The van der Waals surface area contributed by atoms with Gasteiger partial charge >= 0.3 is 0 Å². The number of nitrogens with one attached hydrogen (secondary N) is 1. The highest BCUT2D eigenvalue weighted by atomic mass is 32.2. The van der Waals surface area contributed by atoms with Gasteiger partial charge in [-0.2, -0.15) is 0 Å². The van der Waals surface area contributed by atoms with Gasteiger partial charge in [0.15, 0.2) is 11.5 Å². The molecule has 0 fully saturated rings. The van der Waals surface area contributed by atoms with Crippen molar-refractivity contribution in [1.82, 2.24) is 10.2 Å². The molecule has 0 spiro atoms. The fourth-order valence-electron chi connectivity index (χ4n) is 4.55. The predicted molar refractivity (Wildman–Crippen MR) is 158 cm³/mol. The Morgan fingerprint density at radius 1 is 0.952 bits per heavy atom. The van der Waals surface area contributed by atoms with Gasteiger partial charge in [-0.25, -0.2) is 12.8 Å². The number of sulfonamides is 1. The van der Waals surface area contributed by atoms with Gasteiger partial charge in [0, 0.05) is 24.6 Å². The van der Waals surface area contributed by atoms with Crippen molar-refractivity contribution >= 4 is 27.5 Å². The average molecular weight is 598 g/mol. The van der Waals surface area contributed by atoms with Crippen molar-refractivity contribution in [1.29, 1.82) is 0 Å². The molecule has 9 nitrogen and oxygen atoms in total. The summed E-state index contributed by atoms with van der Waals surface area (Å²) in [5, 5.41) is 2.97. The number of hydrogen-bond donors (Lipinski definition) is 1. The van der Waals surface area contributed by atoms with Crippen LogP contribution in [0.3, 0.4) is 0 Å². The lowest BCUT2D eigenvalue weighted by atomic mass is 10.0. The number of amides is 2. The molecule has 11 heteroatoms. The molecular weight excluding hydrogens is 561 g/mol. The van der Waals surface area contributed by atoms with Gasteiger partial charge < -0.3 is 19.7 Å². The van der Waals surface area contributed by atoms with Gasteiger partial charge in [-0.05, 0) is 63.1 Å². The zero-order valence-electron chi connectivity index (χ0n) is 24.2. The monoisotopic (exact) mass is 597 g/mol. The minimum Gasteiger partial charge on any atom is -0.454 e. The lowest BCUT2D eigenvalue weighted by molar-refractivity contribution is -0.140. The van der Waals surface area contributed by atoms with Crippen molar-refractivity contribution in [2.24, 2.45) is 0 Å². The highest BCUT2D eigenvalue weighted by Gasteiger charge is 2.35. The number of carbonyl (C=O) groups excluding carboxylic acids is 2. The van der Waals surface area contributed by atoms with Crippen LogP contribution >= 0.6 is 0 Å². The number of rotatable bonds is 11. The molecule has 3 aromatic rings.